The molecule has 0 N–H and O–H groups in total. The van der Waals surface area contributed by atoms with E-state index in [1.165, 1.54) is 34.1 Å². The zero-order chi connectivity index (χ0) is 22.7. The largest absolute Gasteiger partial charge is 0.294 e. The molecule has 4 aromatic rings. The molecule has 4 rings (SSSR count). The summed E-state index contributed by atoms with van der Waals surface area (Å²) in [5.74, 6) is 0. The second-order valence-electron chi connectivity index (χ2n) is 8.23. The van der Waals surface area contributed by atoms with Crippen LogP contribution in [-0.4, -0.2) is 24.0 Å². The van der Waals surface area contributed by atoms with Crippen LogP contribution in [0.25, 0.3) is 0 Å². The predicted octanol–water partition coefficient (Wildman–Crippen LogP) is 6.27. The van der Waals surface area contributed by atoms with Crippen LogP contribution >= 0.6 is 15.8 Å². The Bertz CT molecular complexity index is 891. The standard InChI is InChI=1S/C30H33NP2/c1-2-3-24-31(25-32(27-16-8-4-9-17-27)28-18-10-5-11-19-28)26-33(29-20-12-6-13-21-29)30-22-14-7-15-23-30/h4-23H,2-3,24-26H2,1H3. The van der Waals surface area contributed by atoms with E-state index in [-0.39, 0.29) is 0 Å². The van der Waals surface area contributed by atoms with Crippen LogP contribution in [-0.2, 0) is 0 Å². The Hall–Kier alpha value is -2.30. The summed E-state index contributed by atoms with van der Waals surface area (Å²) in [6, 6.07) is 44.5. The van der Waals surface area contributed by atoms with Gasteiger partial charge in [0.05, 0.1) is 0 Å². The van der Waals surface area contributed by atoms with Crippen LogP contribution in [0.2, 0.25) is 0 Å². The number of hydrogen-bond acceptors (Lipinski definition) is 1. The third-order valence-electron chi connectivity index (χ3n) is 5.78. The summed E-state index contributed by atoms with van der Waals surface area (Å²) in [5.41, 5.74) is 0. The van der Waals surface area contributed by atoms with Crippen molar-refractivity contribution in [1.29, 1.82) is 0 Å². The van der Waals surface area contributed by atoms with Crippen molar-refractivity contribution < 1.29 is 0 Å². The average molecular weight is 470 g/mol. The second kappa shape index (κ2) is 12.8. The zero-order valence-electron chi connectivity index (χ0n) is 19.4. The van der Waals surface area contributed by atoms with Gasteiger partial charge in [-0.25, -0.2) is 0 Å². The minimum absolute atomic E-state index is 0.439. The molecule has 0 bridgehead atoms. The van der Waals surface area contributed by atoms with Crippen LogP contribution in [0.3, 0.4) is 0 Å². The monoisotopic (exact) mass is 469 g/mol. The maximum atomic E-state index is 2.75. The third kappa shape index (κ3) is 6.84. The van der Waals surface area contributed by atoms with Crippen molar-refractivity contribution in [3.63, 3.8) is 0 Å². The van der Waals surface area contributed by atoms with Gasteiger partial charge in [0.25, 0.3) is 0 Å². The quantitative estimate of drug-likeness (QED) is 0.234. The Morgan fingerprint density at radius 1 is 0.485 bits per heavy atom. The van der Waals surface area contributed by atoms with Crippen molar-refractivity contribution in [2.45, 2.75) is 19.8 Å². The summed E-state index contributed by atoms with van der Waals surface area (Å²) in [7, 11) is -0.878. The van der Waals surface area contributed by atoms with Crippen LogP contribution in [0.5, 0.6) is 0 Å². The van der Waals surface area contributed by atoms with E-state index < -0.39 is 15.8 Å². The fourth-order valence-electron chi connectivity index (χ4n) is 4.02. The topological polar surface area (TPSA) is 3.24 Å². The van der Waals surface area contributed by atoms with Gasteiger partial charge in [-0.2, -0.15) is 0 Å². The van der Waals surface area contributed by atoms with Crippen LogP contribution in [0, 0.1) is 0 Å². The van der Waals surface area contributed by atoms with E-state index in [1.807, 2.05) is 0 Å². The molecule has 0 aromatic heterocycles. The Balaban J connectivity index is 1.65. The highest BCUT2D eigenvalue weighted by atomic mass is 31.1. The molecule has 168 valence electrons. The highest BCUT2D eigenvalue weighted by molar-refractivity contribution is 7.73. The molecule has 0 radical (unpaired) electrons. The number of nitrogens with zero attached hydrogens (tertiary/aromatic N) is 1. The van der Waals surface area contributed by atoms with E-state index >= 15 is 0 Å². The van der Waals surface area contributed by atoms with Crippen LogP contribution in [0.4, 0.5) is 0 Å². The summed E-state index contributed by atoms with van der Waals surface area (Å²) in [6.45, 7) is 3.44. The molecule has 0 atom stereocenters. The van der Waals surface area contributed by atoms with Crippen LogP contribution in [0.15, 0.2) is 121 Å². The number of unbranched alkanes of at least 4 members (excludes halogenated alkanes) is 1. The van der Waals surface area contributed by atoms with Gasteiger partial charge in [-0.1, -0.05) is 135 Å². The zero-order valence-corrected chi connectivity index (χ0v) is 21.2. The van der Waals surface area contributed by atoms with Gasteiger partial charge < -0.3 is 0 Å². The van der Waals surface area contributed by atoms with Gasteiger partial charge in [0.1, 0.15) is 0 Å². The average Bonchev–Trinajstić information content (AvgIpc) is 2.90. The van der Waals surface area contributed by atoms with E-state index in [0.29, 0.717) is 0 Å². The smallest absolute Gasteiger partial charge is 0.0269 e. The molecule has 0 aliphatic rings. The first kappa shape index (κ1) is 23.8. The van der Waals surface area contributed by atoms with Crippen LogP contribution in [0.1, 0.15) is 19.8 Å². The summed E-state index contributed by atoms with van der Waals surface area (Å²) in [6.07, 6.45) is 4.66. The fraction of sp³-hybridized carbons (Fsp3) is 0.200. The molecule has 0 aliphatic carbocycles. The molecule has 0 unspecified atom stereocenters. The summed E-state index contributed by atoms with van der Waals surface area (Å²) >= 11 is 0. The molecule has 4 aromatic carbocycles. The van der Waals surface area contributed by atoms with Crippen molar-refractivity contribution >= 4 is 37.1 Å². The Kier molecular flexibility index (Phi) is 9.26. The van der Waals surface area contributed by atoms with E-state index in [2.05, 4.69) is 133 Å². The van der Waals surface area contributed by atoms with Gasteiger partial charge in [0.2, 0.25) is 0 Å². The molecule has 1 nitrogen and oxygen atoms in total. The number of rotatable bonds is 11. The molecular formula is C30H33NP2. The molecule has 0 fully saturated rings. The first-order chi connectivity index (χ1) is 16.3. The summed E-state index contributed by atoms with van der Waals surface area (Å²) in [4.78, 5) is 2.75. The number of hydrogen-bond donors (Lipinski definition) is 0. The highest BCUT2D eigenvalue weighted by Crippen LogP contribution is 2.39. The lowest BCUT2D eigenvalue weighted by Gasteiger charge is -2.32. The highest BCUT2D eigenvalue weighted by Gasteiger charge is 2.22. The van der Waals surface area contributed by atoms with Gasteiger partial charge >= 0.3 is 0 Å². The molecule has 0 aliphatic heterocycles. The maximum absolute atomic E-state index is 2.75. The summed E-state index contributed by atoms with van der Waals surface area (Å²) in [5, 5.41) is 5.85. The van der Waals surface area contributed by atoms with Crippen molar-refractivity contribution in [3.05, 3.63) is 121 Å². The van der Waals surface area contributed by atoms with Crippen molar-refractivity contribution in [2.75, 3.05) is 19.1 Å². The SMILES string of the molecule is CCCCN(CP(c1ccccc1)c1ccccc1)CP(c1ccccc1)c1ccccc1. The molecule has 0 saturated carbocycles. The first-order valence-electron chi connectivity index (χ1n) is 11.8. The van der Waals surface area contributed by atoms with Gasteiger partial charge in [0, 0.05) is 12.6 Å². The fourth-order valence-corrected chi connectivity index (χ4v) is 8.84. The second-order valence-corrected chi connectivity index (χ2v) is 12.6. The first-order valence-corrected chi connectivity index (χ1v) is 14.9. The van der Waals surface area contributed by atoms with Crippen molar-refractivity contribution in [2.24, 2.45) is 0 Å². The summed E-state index contributed by atoms with van der Waals surface area (Å²) < 4.78 is 0. The molecule has 33 heavy (non-hydrogen) atoms. The molecule has 0 saturated heterocycles. The van der Waals surface area contributed by atoms with Crippen molar-refractivity contribution in [3.8, 4) is 0 Å². The minimum Gasteiger partial charge on any atom is -0.294 e. The number of benzene rings is 4. The Morgan fingerprint density at radius 2 is 0.788 bits per heavy atom. The molecule has 3 heteroatoms. The molecular weight excluding hydrogens is 436 g/mol. The van der Waals surface area contributed by atoms with E-state index in [0.717, 1.165) is 19.1 Å². The van der Waals surface area contributed by atoms with Crippen molar-refractivity contribution in [1.82, 2.24) is 4.90 Å². The van der Waals surface area contributed by atoms with Gasteiger partial charge in [-0.05, 0) is 50.0 Å². The minimum atomic E-state index is -0.439. The van der Waals surface area contributed by atoms with Gasteiger partial charge in [-0.15, -0.1) is 0 Å². The van der Waals surface area contributed by atoms with Crippen LogP contribution < -0.4 is 21.2 Å². The van der Waals surface area contributed by atoms with E-state index in [9.17, 15) is 0 Å². The Morgan fingerprint density at radius 3 is 1.06 bits per heavy atom. The van der Waals surface area contributed by atoms with E-state index in [1.54, 1.807) is 0 Å². The third-order valence-corrected chi connectivity index (χ3v) is 10.8. The molecule has 0 heterocycles. The lowest BCUT2D eigenvalue weighted by atomic mass is 10.3. The normalized spacial score (nSPS) is 11.4. The lowest BCUT2D eigenvalue weighted by Crippen LogP contribution is -2.32. The molecule has 0 amide bonds. The maximum Gasteiger partial charge on any atom is 0.0269 e. The molecule has 0 spiro atoms. The Labute approximate surface area is 202 Å². The van der Waals surface area contributed by atoms with E-state index in [4.69, 9.17) is 0 Å². The van der Waals surface area contributed by atoms with Gasteiger partial charge in [0.15, 0.2) is 0 Å². The van der Waals surface area contributed by atoms with Gasteiger partial charge in [-0.3, -0.25) is 4.90 Å². The predicted molar refractivity (Wildman–Crippen MR) is 149 cm³/mol. The lowest BCUT2D eigenvalue weighted by molar-refractivity contribution is 0.365.